The van der Waals surface area contributed by atoms with Crippen LogP contribution in [-0.4, -0.2) is 4.57 Å². The highest BCUT2D eigenvalue weighted by molar-refractivity contribution is 6.19. The van der Waals surface area contributed by atoms with Gasteiger partial charge in [0.1, 0.15) is 12.2 Å². The normalized spacial score (nSPS) is 16.2. The van der Waals surface area contributed by atoms with Crippen LogP contribution in [0.5, 0.6) is 0 Å². The number of epoxide rings is 1. The fraction of sp³-hybridized carbons (Fsp3) is 0.0435. The Morgan fingerprint density at radius 3 is 1.62 bits per heavy atom. The maximum atomic E-state index is 6.76. The average Bonchev–Trinajstić information content (AvgIpc) is 3.89. The van der Waals surface area contributed by atoms with Crippen molar-refractivity contribution in [2.45, 2.75) is 12.2 Å². The minimum absolute atomic E-state index is 0.00901. The predicted octanol–water partition coefficient (Wildman–Crippen LogP) is 12.2. The first-order chi connectivity index (χ1) is 23.8. The Morgan fingerprint density at radius 2 is 0.938 bits per heavy atom. The minimum Gasteiger partial charge on any atom is -0.359 e. The fourth-order valence-electron chi connectivity index (χ4n) is 8.50. The fourth-order valence-corrected chi connectivity index (χ4v) is 8.50. The Hall–Kier alpha value is -5.96. The standard InChI is InChI=1S/C46H29NO/c1-3-13-28(14-4-1)30-25-31(29-15-5-2-6-16-29)27-32(26-30)47-40-22-12-11-19-35(40)38-23-24-39-41-36-20-9-7-17-33(36)34-18-8-10-21-37(34)42(41)45-46(48-45)43(39)44(38)47/h1-27,45-46H. The molecule has 9 aromatic rings. The number of ether oxygens (including phenoxy) is 1. The summed E-state index contributed by atoms with van der Waals surface area (Å²) in [6.07, 6.45) is 0.0457. The first-order valence-electron chi connectivity index (χ1n) is 16.7. The summed E-state index contributed by atoms with van der Waals surface area (Å²) in [5.41, 5.74) is 13.6. The minimum atomic E-state index is 0.00901. The molecular formula is C46H29NO. The molecular weight excluding hydrogens is 583 g/mol. The van der Waals surface area contributed by atoms with E-state index in [-0.39, 0.29) is 12.2 Å². The van der Waals surface area contributed by atoms with Gasteiger partial charge >= 0.3 is 0 Å². The van der Waals surface area contributed by atoms with Crippen molar-refractivity contribution in [3.05, 3.63) is 175 Å². The van der Waals surface area contributed by atoms with Crippen LogP contribution in [0.1, 0.15) is 23.3 Å². The van der Waals surface area contributed by atoms with Crippen molar-refractivity contribution in [1.82, 2.24) is 4.57 Å². The summed E-state index contributed by atoms with van der Waals surface area (Å²) in [6.45, 7) is 0. The maximum Gasteiger partial charge on any atom is 0.117 e. The topological polar surface area (TPSA) is 17.5 Å². The Labute approximate surface area is 278 Å². The molecule has 1 aliphatic heterocycles. The number of hydrogen-bond acceptors (Lipinski definition) is 1. The highest BCUT2D eigenvalue weighted by Crippen LogP contribution is 2.64. The summed E-state index contributed by atoms with van der Waals surface area (Å²) in [5, 5.41) is 7.70. The molecule has 1 saturated heterocycles. The summed E-state index contributed by atoms with van der Waals surface area (Å²) < 4.78 is 9.26. The molecule has 2 heteroatoms. The molecule has 11 rings (SSSR count). The smallest absolute Gasteiger partial charge is 0.117 e. The molecule has 48 heavy (non-hydrogen) atoms. The van der Waals surface area contributed by atoms with Crippen molar-refractivity contribution in [2.75, 3.05) is 0 Å². The third-order valence-electron chi connectivity index (χ3n) is 10.6. The molecule has 0 saturated carbocycles. The van der Waals surface area contributed by atoms with Gasteiger partial charge in [0.25, 0.3) is 0 Å². The number of fused-ring (bicyclic) bond motifs is 15. The highest BCUT2D eigenvalue weighted by Gasteiger charge is 2.50. The number of aromatic nitrogens is 1. The lowest BCUT2D eigenvalue weighted by Gasteiger charge is -2.23. The molecule has 1 fully saturated rings. The van der Waals surface area contributed by atoms with Crippen molar-refractivity contribution >= 4 is 43.4 Å². The average molecular weight is 612 g/mol. The van der Waals surface area contributed by atoms with E-state index in [0.29, 0.717) is 0 Å². The Morgan fingerprint density at radius 1 is 0.396 bits per heavy atom. The van der Waals surface area contributed by atoms with Crippen LogP contribution in [0, 0.1) is 0 Å². The molecule has 2 aliphatic rings. The lowest BCUT2D eigenvalue weighted by molar-refractivity contribution is 0.381. The number of rotatable bonds is 3. The van der Waals surface area contributed by atoms with E-state index in [1.54, 1.807) is 0 Å². The third-order valence-corrected chi connectivity index (χ3v) is 10.6. The molecule has 0 N–H and O–H groups in total. The Kier molecular flexibility index (Phi) is 5.32. The molecule has 0 radical (unpaired) electrons. The monoisotopic (exact) mass is 611 g/mol. The molecule has 0 spiro atoms. The van der Waals surface area contributed by atoms with Crippen LogP contribution in [0.15, 0.2) is 164 Å². The van der Waals surface area contributed by atoms with Crippen LogP contribution in [0.2, 0.25) is 0 Å². The van der Waals surface area contributed by atoms with Crippen LogP contribution in [0.4, 0.5) is 0 Å². The SMILES string of the molecule is c1ccc(-c2cc(-c3ccccc3)cc(-n3c4ccccc4c4ccc5c(c43)C3OC3c3c-5c4ccccc4c4ccccc34)c2)cc1. The summed E-state index contributed by atoms with van der Waals surface area (Å²) >= 11 is 0. The van der Waals surface area contributed by atoms with Gasteiger partial charge in [-0.1, -0.05) is 140 Å². The van der Waals surface area contributed by atoms with Crippen LogP contribution in [0.25, 0.3) is 82.4 Å². The van der Waals surface area contributed by atoms with Gasteiger partial charge in [0, 0.05) is 27.6 Å². The van der Waals surface area contributed by atoms with Gasteiger partial charge in [-0.05, 0) is 79.2 Å². The molecule has 1 aliphatic carbocycles. The predicted molar refractivity (Wildman–Crippen MR) is 199 cm³/mol. The zero-order valence-corrected chi connectivity index (χ0v) is 26.1. The molecule has 0 amide bonds. The molecule has 0 bridgehead atoms. The third kappa shape index (κ3) is 3.61. The van der Waals surface area contributed by atoms with E-state index >= 15 is 0 Å². The van der Waals surface area contributed by atoms with Crippen molar-refractivity contribution in [3.8, 4) is 39.1 Å². The zero-order valence-electron chi connectivity index (χ0n) is 26.1. The van der Waals surface area contributed by atoms with Crippen molar-refractivity contribution in [3.63, 3.8) is 0 Å². The number of nitrogens with zero attached hydrogens (tertiary/aromatic N) is 1. The second kappa shape index (κ2) is 9.78. The summed E-state index contributed by atoms with van der Waals surface area (Å²) in [5.74, 6) is 0. The quantitative estimate of drug-likeness (QED) is 0.144. The zero-order chi connectivity index (χ0) is 31.3. The highest BCUT2D eigenvalue weighted by atomic mass is 16.6. The lowest BCUT2D eigenvalue weighted by Crippen LogP contribution is -2.05. The molecule has 2 unspecified atom stereocenters. The van der Waals surface area contributed by atoms with E-state index in [9.17, 15) is 0 Å². The summed E-state index contributed by atoms with van der Waals surface area (Å²) in [4.78, 5) is 0. The molecule has 1 aromatic heterocycles. The largest absolute Gasteiger partial charge is 0.359 e. The summed E-state index contributed by atoms with van der Waals surface area (Å²) in [6, 6.07) is 59.8. The van der Waals surface area contributed by atoms with Crippen molar-refractivity contribution in [2.24, 2.45) is 0 Å². The van der Waals surface area contributed by atoms with Crippen LogP contribution in [-0.2, 0) is 4.74 Å². The maximum absolute atomic E-state index is 6.76. The van der Waals surface area contributed by atoms with E-state index in [4.69, 9.17) is 4.74 Å². The Bertz CT molecular complexity index is 2700. The van der Waals surface area contributed by atoms with Gasteiger partial charge in [-0.25, -0.2) is 0 Å². The van der Waals surface area contributed by atoms with Crippen LogP contribution >= 0.6 is 0 Å². The van der Waals surface area contributed by atoms with E-state index < -0.39 is 0 Å². The van der Waals surface area contributed by atoms with Gasteiger partial charge < -0.3 is 9.30 Å². The second-order valence-corrected chi connectivity index (χ2v) is 13.1. The van der Waals surface area contributed by atoms with Crippen LogP contribution < -0.4 is 0 Å². The van der Waals surface area contributed by atoms with E-state index in [1.165, 1.54) is 87.9 Å². The van der Waals surface area contributed by atoms with Gasteiger partial charge in [0.15, 0.2) is 0 Å². The summed E-state index contributed by atoms with van der Waals surface area (Å²) in [7, 11) is 0. The number of benzene rings is 8. The number of hydrogen-bond donors (Lipinski definition) is 0. The van der Waals surface area contributed by atoms with E-state index in [1.807, 2.05) is 0 Å². The van der Waals surface area contributed by atoms with Crippen LogP contribution in [0.3, 0.4) is 0 Å². The Balaban J connectivity index is 1.28. The number of para-hydroxylation sites is 1. The first kappa shape index (κ1) is 26.1. The molecule has 2 heterocycles. The van der Waals surface area contributed by atoms with Crippen molar-refractivity contribution in [1.29, 1.82) is 0 Å². The molecule has 224 valence electrons. The van der Waals surface area contributed by atoms with Crippen molar-refractivity contribution < 1.29 is 4.74 Å². The van der Waals surface area contributed by atoms with E-state index in [2.05, 4.69) is 168 Å². The molecule has 2 atom stereocenters. The van der Waals surface area contributed by atoms with E-state index in [0.717, 1.165) is 5.69 Å². The van der Waals surface area contributed by atoms with Gasteiger partial charge in [-0.3, -0.25) is 0 Å². The molecule has 8 aromatic carbocycles. The van der Waals surface area contributed by atoms with Gasteiger partial charge in [-0.15, -0.1) is 0 Å². The van der Waals surface area contributed by atoms with Gasteiger partial charge in [0.2, 0.25) is 0 Å². The molecule has 2 nitrogen and oxygen atoms in total. The van der Waals surface area contributed by atoms with Gasteiger partial charge in [-0.2, -0.15) is 0 Å². The first-order valence-corrected chi connectivity index (χ1v) is 16.7. The van der Waals surface area contributed by atoms with Gasteiger partial charge in [0.05, 0.1) is 11.0 Å². The lowest BCUT2D eigenvalue weighted by atomic mass is 9.79. The second-order valence-electron chi connectivity index (χ2n) is 13.1.